The molecule has 0 rings (SSSR count). The lowest BCUT2D eigenvalue weighted by molar-refractivity contribution is -0.147. The monoisotopic (exact) mass is 196 g/mol. The second-order valence-corrected chi connectivity index (χ2v) is 4.04. The van der Waals surface area contributed by atoms with Gasteiger partial charge in [-0.15, -0.1) is 0 Å². The van der Waals surface area contributed by atoms with Gasteiger partial charge in [-0.05, 0) is 17.8 Å². The van der Waals surface area contributed by atoms with Gasteiger partial charge in [0, 0.05) is 6.42 Å². The number of alkyl halides is 3. The normalized spacial score (nSPS) is 19.6. The molecule has 1 unspecified atom stereocenters. The lowest BCUT2D eigenvalue weighted by atomic mass is 9.82. The fourth-order valence-electron chi connectivity index (χ4n) is 1.48. The van der Waals surface area contributed by atoms with Crippen molar-refractivity contribution in [3.63, 3.8) is 0 Å². The van der Waals surface area contributed by atoms with Crippen LogP contribution in [-0.2, 0) is 0 Å². The summed E-state index contributed by atoms with van der Waals surface area (Å²) in [7, 11) is 0. The van der Waals surface area contributed by atoms with E-state index in [4.69, 9.17) is 0 Å². The summed E-state index contributed by atoms with van der Waals surface area (Å²) >= 11 is 0. The maximum Gasteiger partial charge on any atom is 0.389 e. The highest BCUT2D eigenvalue weighted by molar-refractivity contribution is 4.69. The summed E-state index contributed by atoms with van der Waals surface area (Å²) in [6.07, 6.45) is -3.72. The summed E-state index contributed by atoms with van der Waals surface area (Å²) in [5, 5.41) is 0. The van der Waals surface area contributed by atoms with Crippen LogP contribution in [0.2, 0.25) is 0 Å². The molecule has 3 heteroatoms. The Bertz CT molecular complexity index is 140. The Hall–Kier alpha value is -0.210. The van der Waals surface area contributed by atoms with Gasteiger partial charge in [-0.3, -0.25) is 0 Å². The zero-order chi connectivity index (χ0) is 10.6. The molecular weight excluding hydrogens is 177 g/mol. The van der Waals surface area contributed by atoms with Gasteiger partial charge < -0.3 is 0 Å². The fraction of sp³-hybridized carbons (Fsp3) is 1.00. The Morgan fingerprint density at radius 2 is 1.46 bits per heavy atom. The molecule has 0 aliphatic rings. The van der Waals surface area contributed by atoms with Gasteiger partial charge in [0.25, 0.3) is 0 Å². The van der Waals surface area contributed by atoms with Gasteiger partial charge in [-0.25, -0.2) is 0 Å². The van der Waals surface area contributed by atoms with E-state index in [0.29, 0.717) is 5.92 Å². The predicted molar refractivity (Wildman–Crippen MR) is 48.5 cm³/mol. The molecule has 0 spiro atoms. The molecule has 0 bridgehead atoms. The molecule has 3 atom stereocenters. The maximum atomic E-state index is 12.0. The third-order valence-corrected chi connectivity index (χ3v) is 2.99. The van der Waals surface area contributed by atoms with E-state index in [9.17, 15) is 13.2 Å². The van der Waals surface area contributed by atoms with E-state index in [0.717, 1.165) is 6.42 Å². The highest BCUT2D eigenvalue weighted by Crippen LogP contribution is 2.32. The van der Waals surface area contributed by atoms with Crippen LogP contribution in [0.4, 0.5) is 13.2 Å². The molecule has 0 aliphatic carbocycles. The second kappa shape index (κ2) is 4.87. The van der Waals surface area contributed by atoms with Crippen LogP contribution in [0.1, 0.15) is 40.5 Å². The van der Waals surface area contributed by atoms with Crippen molar-refractivity contribution >= 4 is 0 Å². The molecule has 0 aromatic rings. The predicted octanol–water partition coefficient (Wildman–Crippen LogP) is 4.26. The van der Waals surface area contributed by atoms with E-state index in [-0.39, 0.29) is 11.8 Å². The molecule has 0 fully saturated rings. The number of hydrogen-bond donors (Lipinski definition) is 0. The summed E-state index contributed by atoms with van der Waals surface area (Å²) in [6, 6.07) is 0. The van der Waals surface area contributed by atoms with Gasteiger partial charge in [0.1, 0.15) is 0 Å². The van der Waals surface area contributed by atoms with Crippen LogP contribution in [0.3, 0.4) is 0 Å². The molecule has 0 saturated heterocycles. The van der Waals surface area contributed by atoms with Gasteiger partial charge in [-0.2, -0.15) is 13.2 Å². The van der Waals surface area contributed by atoms with Crippen LogP contribution in [-0.4, -0.2) is 6.18 Å². The van der Waals surface area contributed by atoms with E-state index < -0.39 is 12.6 Å². The first-order valence-corrected chi connectivity index (χ1v) is 4.84. The first-order valence-electron chi connectivity index (χ1n) is 4.84. The van der Waals surface area contributed by atoms with E-state index in [1.807, 2.05) is 20.8 Å². The van der Waals surface area contributed by atoms with Crippen LogP contribution < -0.4 is 0 Å². The largest absolute Gasteiger partial charge is 0.389 e. The maximum absolute atomic E-state index is 12.0. The van der Waals surface area contributed by atoms with Crippen molar-refractivity contribution in [1.82, 2.24) is 0 Å². The Morgan fingerprint density at radius 1 is 1.00 bits per heavy atom. The van der Waals surface area contributed by atoms with E-state index in [1.54, 1.807) is 6.92 Å². The summed E-state index contributed by atoms with van der Waals surface area (Å²) < 4.78 is 36.1. The molecule has 0 amide bonds. The SMILES string of the molecule is CC[C@H](C)[C@@H](C)C(C)CC(F)(F)F. The van der Waals surface area contributed by atoms with E-state index in [2.05, 4.69) is 0 Å². The highest BCUT2D eigenvalue weighted by atomic mass is 19.4. The van der Waals surface area contributed by atoms with Crippen molar-refractivity contribution in [2.45, 2.75) is 46.7 Å². The summed E-state index contributed by atoms with van der Waals surface area (Å²) in [5.74, 6) is 0.249. The Morgan fingerprint density at radius 3 is 1.77 bits per heavy atom. The number of halogens is 3. The standard InChI is InChI=1S/C10H19F3/c1-5-7(2)9(4)8(3)6-10(11,12)13/h7-9H,5-6H2,1-4H3/t7-,8?,9+/m0/s1. The minimum atomic E-state index is -4.01. The molecular formula is C10H19F3. The van der Waals surface area contributed by atoms with E-state index in [1.165, 1.54) is 0 Å². The molecule has 0 nitrogen and oxygen atoms in total. The van der Waals surface area contributed by atoms with E-state index >= 15 is 0 Å². The molecule has 80 valence electrons. The van der Waals surface area contributed by atoms with Gasteiger partial charge >= 0.3 is 6.18 Å². The number of hydrogen-bond acceptors (Lipinski definition) is 0. The molecule has 13 heavy (non-hydrogen) atoms. The summed E-state index contributed by atoms with van der Waals surface area (Å²) in [6.45, 7) is 7.62. The lowest BCUT2D eigenvalue weighted by Gasteiger charge is -2.25. The first kappa shape index (κ1) is 12.8. The molecule has 0 aromatic heterocycles. The molecule has 0 N–H and O–H groups in total. The fourth-order valence-corrected chi connectivity index (χ4v) is 1.48. The minimum Gasteiger partial charge on any atom is -0.171 e. The van der Waals surface area contributed by atoms with Crippen molar-refractivity contribution < 1.29 is 13.2 Å². The van der Waals surface area contributed by atoms with Gasteiger partial charge in [0.05, 0.1) is 0 Å². The number of rotatable bonds is 4. The third kappa shape index (κ3) is 5.17. The smallest absolute Gasteiger partial charge is 0.171 e. The molecule has 0 radical (unpaired) electrons. The van der Waals surface area contributed by atoms with Crippen molar-refractivity contribution in [2.75, 3.05) is 0 Å². The third-order valence-electron chi connectivity index (χ3n) is 2.99. The highest BCUT2D eigenvalue weighted by Gasteiger charge is 2.32. The van der Waals surface area contributed by atoms with Crippen LogP contribution >= 0.6 is 0 Å². The van der Waals surface area contributed by atoms with Gasteiger partial charge in [0.2, 0.25) is 0 Å². The van der Waals surface area contributed by atoms with Gasteiger partial charge in [0.15, 0.2) is 0 Å². The average Bonchev–Trinajstić information content (AvgIpc) is 1.98. The molecule has 0 aromatic carbocycles. The van der Waals surface area contributed by atoms with Crippen molar-refractivity contribution in [3.8, 4) is 0 Å². The quantitative estimate of drug-likeness (QED) is 0.630. The Kier molecular flexibility index (Phi) is 4.79. The Labute approximate surface area is 78.5 Å². The average molecular weight is 196 g/mol. The molecule has 0 aliphatic heterocycles. The van der Waals surface area contributed by atoms with Crippen molar-refractivity contribution in [2.24, 2.45) is 17.8 Å². The van der Waals surface area contributed by atoms with Crippen molar-refractivity contribution in [1.29, 1.82) is 0 Å². The molecule has 0 heterocycles. The topological polar surface area (TPSA) is 0 Å². The summed E-state index contributed by atoms with van der Waals surface area (Å²) in [5.41, 5.74) is 0. The second-order valence-electron chi connectivity index (χ2n) is 4.04. The van der Waals surface area contributed by atoms with Crippen LogP contribution in [0, 0.1) is 17.8 Å². The van der Waals surface area contributed by atoms with Crippen LogP contribution in [0.15, 0.2) is 0 Å². The van der Waals surface area contributed by atoms with Crippen LogP contribution in [0.5, 0.6) is 0 Å². The van der Waals surface area contributed by atoms with Gasteiger partial charge in [-0.1, -0.05) is 34.1 Å². The first-order chi connectivity index (χ1) is 5.78. The minimum absolute atomic E-state index is 0.145. The molecule has 0 saturated carbocycles. The zero-order valence-electron chi connectivity index (χ0n) is 8.78. The zero-order valence-corrected chi connectivity index (χ0v) is 8.78. The van der Waals surface area contributed by atoms with Crippen molar-refractivity contribution in [3.05, 3.63) is 0 Å². The Balaban J connectivity index is 4.03. The summed E-state index contributed by atoms with van der Waals surface area (Å²) in [4.78, 5) is 0. The van der Waals surface area contributed by atoms with Crippen LogP contribution in [0.25, 0.3) is 0 Å². The lowest BCUT2D eigenvalue weighted by Crippen LogP contribution is -2.22.